The smallest absolute Gasteiger partial charge is 0.331 e. The first-order valence-electron chi connectivity index (χ1n) is 7.90. The van der Waals surface area contributed by atoms with Gasteiger partial charge in [0.2, 0.25) is 0 Å². The van der Waals surface area contributed by atoms with Crippen molar-refractivity contribution in [2.75, 3.05) is 7.11 Å². The molecule has 0 saturated carbocycles. The number of fused-ring (bicyclic) bond motifs is 1. The van der Waals surface area contributed by atoms with E-state index in [2.05, 4.69) is 12.1 Å². The van der Waals surface area contributed by atoms with Gasteiger partial charge in [-0.2, -0.15) is 0 Å². The highest BCUT2D eigenvalue weighted by Crippen LogP contribution is 2.33. The molecule has 1 aliphatic rings. The summed E-state index contributed by atoms with van der Waals surface area (Å²) in [7, 11) is 1.60. The fourth-order valence-electron chi connectivity index (χ4n) is 2.97. The fraction of sp³-hybridized carbons (Fsp3) is 0.250. The molecule has 124 valence electrons. The molecule has 1 N–H and O–H groups in total. The Morgan fingerprint density at radius 1 is 1.12 bits per heavy atom. The van der Waals surface area contributed by atoms with Crippen molar-refractivity contribution in [3.8, 4) is 11.5 Å². The molecule has 0 saturated heterocycles. The molecule has 0 amide bonds. The van der Waals surface area contributed by atoms with Crippen LogP contribution in [0.3, 0.4) is 0 Å². The summed E-state index contributed by atoms with van der Waals surface area (Å²) in [4.78, 5) is 11.0. The van der Waals surface area contributed by atoms with Crippen LogP contribution in [0.5, 0.6) is 11.5 Å². The van der Waals surface area contributed by atoms with Crippen molar-refractivity contribution in [1.82, 2.24) is 0 Å². The normalized spacial score (nSPS) is 14.3. The second kappa shape index (κ2) is 6.79. The summed E-state index contributed by atoms with van der Waals surface area (Å²) in [6.45, 7) is 1.57. The van der Waals surface area contributed by atoms with E-state index >= 15 is 0 Å². The Balaban J connectivity index is 1.82. The largest absolute Gasteiger partial charge is 0.493 e. The molecule has 2 aromatic rings. The zero-order valence-corrected chi connectivity index (χ0v) is 13.8. The van der Waals surface area contributed by atoms with Gasteiger partial charge in [-0.25, -0.2) is 4.79 Å². The molecule has 0 radical (unpaired) electrons. The van der Waals surface area contributed by atoms with E-state index in [1.54, 1.807) is 26.2 Å². The van der Waals surface area contributed by atoms with E-state index < -0.39 is 5.97 Å². The van der Waals surface area contributed by atoms with Crippen LogP contribution in [0.2, 0.25) is 0 Å². The van der Waals surface area contributed by atoms with Crippen LogP contribution in [0.1, 0.15) is 23.6 Å². The van der Waals surface area contributed by atoms with Crippen LogP contribution in [-0.2, 0) is 17.6 Å². The average Bonchev–Trinajstić information content (AvgIpc) is 2.97. The summed E-state index contributed by atoms with van der Waals surface area (Å²) >= 11 is 0. The van der Waals surface area contributed by atoms with Gasteiger partial charge in [0, 0.05) is 18.4 Å². The van der Waals surface area contributed by atoms with Crippen molar-refractivity contribution >= 4 is 12.0 Å². The number of methoxy groups -OCH3 is 1. The van der Waals surface area contributed by atoms with Gasteiger partial charge in [-0.1, -0.05) is 30.3 Å². The Morgan fingerprint density at radius 3 is 2.38 bits per heavy atom. The van der Waals surface area contributed by atoms with Gasteiger partial charge in [-0.15, -0.1) is 0 Å². The van der Waals surface area contributed by atoms with Crippen molar-refractivity contribution in [1.29, 1.82) is 0 Å². The van der Waals surface area contributed by atoms with E-state index in [0.29, 0.717) is 11.5 Å². The molecule has 0 bridgehead atoms. The monoisotopic (exact) mass is 324 g/mol. The average molecular weight is 324 g/mol. The van der Waals surface area contributed by atoms with Crippen LogP contribution in [-0.4, -0.2) is 24.3 Å². The lowest BCUT2D eigenvalue weighted by Crippen LogP contribution is -2.16. The summed E-state index contributed by atoms with van der Waals surface area (Å²) in [5, 5.41) is 9.02. The van der Waals surface area contributed by atoms with Gasteiger partial charge >= 0.3 is 5.97 Å². The maximum Gasteiger partial charge on any atom is 0.331 e. The van der Waals surface area contributed by atoms with Crippen LogP contribution in [0, 0.1) is 0 Å². The highest BCUT2D eigenvalue weighted by atomic mass is 16.5. The lowest BCUT2D eigenvalue weighted by Gasteiger charge is -2.16. The Morgan fingerprint density at radius 2 is 1.79 bits per heavy atom. The SMILES string of the molecule is COc1ccc(/C=C(\C)C(=O)O)cc1OC1Cc2ccccc2C1. The van der Waals surface area contributed by atoms with Crippen molar-refractivity contribution in [2.45, 2.75) is 25.9 Å². The number of benzene rings is 2. The fourth-order valence-corrected chi connectivity index (χ4v) is 2.97. The number of ether oxygens (including phenoxy) is 2. The van der Waals surface area contributed by atoms with E-state index in [1.165, 1.54) is 11.1 Å². The number of hydrogen-bond acceptors (Lipinski definition) is 3. The molecule has 24 heavy (non-hydrogen) atoms. The number of carboxylic acids is 1. The molecule has 3 rings (SSSR count). The minimum atomic E-state index is -0.931. The third-order valence-electron chi connectivity index (χ3n) is 4.22. The van der Waals surface area contributed by atoms with Crippen molar-refractivity contribution in [3.63, 3.8) is 0 Å². The van der Waals surface area contributed by atoms with Crippen molar-refractivity contribution in [3.05, 3.63) is 64.7 Å². The van der Waals surface area contributed by atoms with Gasteiger partial charge in [0.05, 0.1) is 7.11 Å². The highest BCUT2D eigenvalue weighted by molar-refractivity contribution is 5.91. The molecule has 0 aliphatic heterocycles. The summed E-state index contributed by atoms with van der Waals surface area (Å²) < 4.78 is 11.5. The predicted molar refractivity (Wildman–Crippen MR) is 92.5 cm³/mol. The second-order valence-electron chi connectivity index (χ2n) is 5.96. The van der Waals surface area contributed by atoms with Gasteiger partial charge in [-0.3, -0.25) is 0 Å². The summed E-state index contributed by atoms with van der Waals surface area (Å²) in [5.41, 5.74) is 3.69. The van der Waals surface area contributed by atoms with Gasteiger partial charge in [0.1, 0.15) is 6.10 Å². The minimum absolute atomic E-state index is 0.0658. The topological polar surface area (TPSA) is 55.8 Å². The molecular weight excluding hydrogens is 304 g/mol. The van der Waals surface area contributed by atoms with Crippen LogP contribution in [0.15, 0.2) is 48.0 Å². The van der Waals surface area contributed by atoms with Gasteiger partial charge in [-0.05, 0) is 41.8 Å². The lowest BCUT2D eigenvalue weighted by molar-refractivity contribution is -0.132. The molecule has 4 heteroatoms. The molecule has 0 heterocycles. The maximum atomic E-state index is 11.0. The third-order valence-corrected chi connectivity index (χ3v) is 4.22. The van der Waals surface area contributed by atoms with Crippen LogP contribution in [0.25, 0.3) is 6.08 Å². The number of carbonyl (C=O) groups is 1. The Bertz CT molecular complexity index is 767. The molecule has 1 aliphatic carbocycles. The summed E-state index contributed by atoms with van der Waals surface area (Å²) in [6.07, 6.45) is 3.43. The van der Waals surface area contributed by atoms with Gasteiger partial charge in [0.15, 0.2) is 11.5 Å². The maximum absolute atomic E-state index is 11.0. The van der Waals surface area contributed by atoms with Gasteiger partial charge in [0.25, 0.3) is 0 Å². The molecule has 0 fully saturated rings. The van der Waals surface area contributed by atoms with E-state index in [0.717, 1.165) is 18.4 Å². The lowest BCUT2D eigenvalue weighted by atomic mass is 10.1. The first-order chi connectivity index (χ1) is 11.6. The molecule has 0 atom stereocenters. The van der Waals surface area contributed by atoms with Gasteiger partial charge < -0.3 is 14.6 Å². The highest BCUT2D eigenvalue weighted by Gasteiger charge is 2.23. The molecule has 4 nitrogen and oxygen atoms in total. The Labute approximate surface area is 141 Å². The molecular formula is C20H20O4. The quantitative estimate of drug-likeness (QED) is 0.852. The van der Waals surface area contributed by atoms with Crippen molar-refractivity contribution in [2.24, 2.45) is 0 Å². The summed E-state index contributed by atoms with van der Waals surface area (Å²) in [6, 6.07) is 13.8. The van der Waals surface area contributed by atoms with Crippen molar-refractivity contribution < 1.29 is 19.4 Å². The van der Waals surface area contributed by atoms with Crippen LogP contribution in [0.4, 0.5) is 0 Å². The number of carboxylic acid groups (broad SMARTS) is 1. The van der Waals surface area contributed by atoms with Crippen LogP contribution < -0.4 is 9.47 Å². The number of aliphatic carboxylic acids is 1. The number of hydrogen-bond donors (Lipinski definition) is 1. The van der Waals surface area contributed by atoms with E-state index in [4.69, 9.17) is 14.6 Å². The van der Waals surface area contributed by atoms with Crippen LogP contribution >= 0.6 is 0 Å². The number of rotatable bonds is 5. The molecule has 2 aromatic carbocycles. The zero-order chi connectivity index (χ0) is 17.1. The molecule has 0 aromatic heterocycles. The Kier molecular flexibility index (Phi) is 4.56. The first-order valence-corrected chi connectivity index (χ1v) is 7.90. The molecule has 0 unspecified atom stereocenters. The predicted octanol–water partition coefficient (Wildman–Crippen LogP) is 3.73. The molecule has 0 spiro atoms. The van der Waals surface area contributed by atoms with E-state index in [-0.39, 0.29) is 11.7 Å². The zero-order valence-electron chi connectivity index (χ0n) is 13.8. The first kappa shape index (κ1) is 16.1. The second-order valence-corrected chi connectivity index (χ2v) is 5.96. The van der Waals surface area contributed by atoms with E-state index in [9.17, 15) is 4.79 Å². The summed E-state index contributed by atoms with van der Waals surface area (Å²) in [5.74, 6) is 0.359. The Hall–Kier alpha value is -2.75. The van der Waals surface area contributed by atoms with E-state index in [1.807, 2.05) is 24.3 Å². The standard InChI is InChI=1S/C20H20O4/c1-13(20(21)22)9-14-7-8-18(23-2)19(10-14)24-17-11-15-5-3-4-6-16(15)12-17/h3-10,17H,11-12H2,1-2H3,(H,21,22)/b13-9+. The third kappa shape index (κ3) is 3.43. The minimum Gasteiger partial charge on any atom is -0.493 e.